The Balaban J connectivity index is 1.40. The quantitative estimate of drug-likeness (QED) is 0.588. The van der Waals surface area contributed by atoms with E-state index in [0.29, 0.717) is 16.6 Å². The molecular weight excluding hydrogens is 382 g/mol. The van der Waals surface area contributed by atoms with Crippen molar-refractivity contribution in [2.24, 2.45) is 0 Å². The molecule has 0 atom stereocenters. The van der Waals surface area contributed by atoms with Crippen LogP contribution in [-0.4, -0.2) is 29.5 Å². The van der Waals surface area contributed by atoms with Crippen LogP contribution >= 0.6 is 11.3 Å². The van der Waals surface area contributed by atoms with Gasteiger partial charge in [-0.3, -0.25) is 0 Å². The third-order valence-electron chi connectivity index (χ3n) is 4.94. The van der Waals surface area contributed by atoms with Crippen molar-refractivity contribution in [3.05, 3.63) is 35.1 Å². The summed E-state index contributed by atoms with van der Waals surface area (Å²) in [6.07, 6.45) is 7.76. The van der Waals surface area contributed by atoms with E-state index in [1.165, 1.54) is 23.3 Å². The first-order chi connectivity index (χ1) is 13.1. The minimum Gasteiger partial charge on any atom is -0.382 e. The fraction of sp³-hybridized carbons (Fsp3) is 0.444. The van der Waals surface area contributed by atoms with Gasteiger partial charge in [0.2, 0.25) is 10.0 Å². The van der Waals surface area contributed by atoms with Crippen molar-refractivity contribution < 1.29 is 8.42 Å². The van der Waals surface area contributed by atoms with E-state index in [9.17, 15) is 8.42 Å². The maximum Gasteiger partial charge on any atom is 0.250 e. The van der Waals surface area contributed by atoms with E-state index in [-0.39, 0.29) is 0 Å². The van der Waals surface area contributed by atoms with Crippen molar-refractivity contribution >= 4 is 38.2 Å². The van der Waals surface area contributed by atoms with Crippen molar-refractivity contribution in [2.75, 3.05) is 12.3 Å². The minimum atomic E-state index is -3.38. The molecule has 0 saturated carbocycles. The van der Waals surface area contributed by atoms with Crippen LogP contribution in [0.15, 0.2) is 28.0 Å². The highest BCUT2D eigenvalue weighted by Gasteiger charge is 2.20. The van der Waals surface area contributed by atoms with Crippen LogP contribution in [0, 0.1) is 0 Å². The molecule has 3 N–H and O–H groups in total. The van der Waals surface area contributed by atoms with Crippen molar-refractivity contribution in [1.82, 2.24) is 19.3 Å². The highest BCUT2D eigenvalue weighted by molar-refractivity contribution is 7.91. The lowest BCUT2D eigenvalue weighted by Crippen LogP contribution is -2.24. The van der Waals surface area contributed by atoms with Crippen LogP contribution < -0.4 is 10.5 Å². The van der Waals surface area contributed by atoms with Crippen molar-refractivity contribution in [1.29, 1.82) is 0 Å². The van der Waals surface area contributed by atoms with E-state index >= 15 is 0 Å². The summed E-state index contributed by atoms with van der Waals surface area (Å²) in [6, 6.07) is 3.36. The van der Waals surface area contributed by atoms with Gasteiger partial charge in [0.25, 0.3) is 0 Å². The van der Waals surface area contributed by atoms with E-state index in [4.69, 9.17) is 5.73 Å². The summed E-state index contributed by atoms with van der Waals surface area (Å²) in [4.78, 5) is 9.01. The number of sulfonamides is 1. The summed E-state index contributed by atoms with van der Waals surface area (Å²) in [5, 5.41) is 1.76. The van der Waals surface area contributed by atoms with Gasteiger partial charge >= 0.3 is 0 Å². The Hall–Kier alpha value is -1.97. The maximum absolute atomic E-state index is 12.1. The van der Waals surface area contributed by atoms with Gasteiger partial charge in [-0.15, -0.1) is 11.3 Å². The second-order valence-electron chi connectivity index (χ2n) is 6.80. The van der Waals surface area contributed by atoms with Gasteiger partial charge in [0.1, 0.15) is 9.73 Å². The zero-order valence-electron chi connectivity index (χ0n) is 15.0. The Morgan fingerprint density at radius 2 is 2.11 bits per heavy atom. The molecule has 7 nitrogen and oxygen atoms in total. The van der Waals surface area contributed by atoms with Gasteiger partial charge in [0.15, 0.2) is 5.82 Å². The molecule has 3 aromatic rings. The van der Waals surface area contributed by atoms with Crippen LogP contribution in [0.2, 0.25) is 0 Å². The third kappa shape index (κ3) is 3.71. The lowest BCUT2D eigenvalue weighted by atomic mass is 9.95. The van der Waals surface area contributed by atoms with Crippen LogP contribution in [0.3, 0.4) is 0 Å². The van der Waals surface area contributed by atoms with Crippen molar-refractivity contribution in [3.8, 4) is 0 Å². The lowest BCUT2D eigenvalue weighted by Gasteiger charge is -2.17. The van der Waals surface area contributed by atoms with Crippen molar-refractivity contribution in [3.63, 3.8) is 0 Å². The first-order valence-electron chi connectivity index (χ1n) is 9.21. The van der Waals surface area contributed by atoms with Crippen molar-refractivity contribution in [2.45, 2.75) is 49.3 Å². The minimum absolute atomic E-state index is 0.359. The third-order valence-corrected chi connectivity index (χ3v) is 7.80. The number of nitrogens with one attached hydrogen (secondary N) is 1. The molecule has 4 rings (SSSR count). The summed E-state index contributed by atoms with van der Waals surface area (Å²) < 4.78 is 29.4. The van der Waals surface area contributed by atoms with E-state index in [1.54, 1.807) is 17.5 Å². The summed E-state index contributed by atoms with van der Waals surface area (Å²) in [5.74, 6) is 0.508. The number of pyridine rings is 1. The number of anilines is 1. The Kier molecular flexibility index (Phi) is 5.16. The maximum atomic E-state index is 12.1. The van der Waals surface area contributed by atoms with Gasteiger partial charge in [-0.2, -0.15) is 0 Å². The number of aromatic nitrogens is 3. The zero-order valence-corrected chi connectivity index (χ0v) is 16.7. The number of thiophene rings is 1. The molecule has 0 aromatic carbocycles. The molecule has 9 heteroatoms. The summed E-state index contributed by atoms with van der Waals surface area (Å²) in [5.41, 5.74) is 10.4. The molecule has 0 aliphatic heterocycles. The molecule has 0 unspecified atom stereocenters. The Labute approximate surface area is 162 Å². The average Bonchev–Trinajstić information content (AvgIpc) is 3.32. The topological polar surface area (TPSA) is 103 Å². The van der Waals surface area contributed by atoms with Crippen LogP contribution in [0.1, 0.15) is 36.9 Å². The summed E-state index contributed by atoms with van der Waals surface area (Å²) in [6.45, 7) is 1.21. The van der Waals surface area contributed by atoms with Gasteiger partial charge < -0.3 is 10.3 Å². The molecule has 1 aliphatic carbocycles. The first kappa shape index (κ1) is 18.4. The van der Waals surface area contributed by atoms with Gasteiger partial charge in [0.05, 0.1) is 11.8 Å². The number of hydrogen-bond acceptors (Lipinski definition) is 6. The highest BCUT2D eigenvalue weighted by atomic mass is 32.2. The summed E-state index contributed by atoms with van der Waals surface area (Å²) in [7, 11) is -3.38. The smallest absolute Gasteiger partial charge is 0.250 e. The number of nitrogens with zero attached hydrogens (tertiary/aromatic N) is 3. The zero-order chi connectivity index (χ0) is 18.9. The van der Waals surface area contributed by atoms with Gasteiger partial charge in [-0.25, -0.2) is 23.1 Å². The normalized spacial score (nSPS) is 14.5. The monoisotopic (exact) mass is 405 g/mol. The molecule has 0 amide bonds. The molecule has 0 fully saturated rings. The number of aryl methyl sites for hydroxylation is 3. The summed E-state index contributed by atoms with van der Waals surface area (Å²) >= 11 is 1.23. The van der Waals surface area contributed by atoms with Crippen LogP contribution in [-0.2, 0) is 29.4 Å². The molecule has 144 valence electrons. The second kappa shape index (κ2) is 7.57. The van der Waals surface area contributed by atoms with Crippen LogP contribution in [0.4, 0.5) is 5.82 Å². The van der Waals surface area contributed by atoms with E-state index < -0.39 is 10.0 Å². The SMILES string of the molecule is Nc1nc2c(c3c1ncn3CCCCNS(=O)(=O)c1cccs1)CCCC2. The molecule has 0 spiro atoms. The molecule has 0 bridgehead atoms. The Morgan fingerprint density at radius 1 is 1.26 bits per heavy atom. The Morgan fingerprint density at radius 3 is 2.93 bits per heavy atom. The van der Waals surface area contributed by atoms with E-state index in [2.05, 4.69) is 19.3 Å². The Bertz CT molecular complexity index is 1040. The number of nitrogen functional groups attached to an aromatic ring is 1. The molecule has 3 heterocycles. The number of hydrogen-bond donors (Lipinski definition) is 2. The fourth-order valence-electron chi connectivity index (χ4n) is 3.62. The van der Waals surface area contributed by atoms with Gasteiger partial charge in [-0.1, -0.05) is 6.07 Å². The number of imidazole rings is 1. The number of nitrogens with two attached hydrogens (primary N) is 1. The van der Waals surface area contributed by atoms with E-state index in [1.807, 2.05) is 6.33 Å². The lowest BCUT2D eigenvalue weighted by molar-refractivity contribution is 0.569. The number of rotatable bonds is 7. The predicted octanol–water partition coefficient (Wildman–Crippen LogP) is 2.71. The number of unbranched alkanes of at least 4 members (excludes halogenated alkanes) is 1. The molecular formula is C18H23N5O2S2. The molecule has 27 heavy (non-hydrogen) atoms. The van der Waals surface area contributed by atoms with Gasteiger partial charge in [0, 0.05) is 18.8 Å². The van der Waals surface area contributed by atoms with E-state index in [0.717, 1.165) is 55.4 Å². The van der Waals surface area contributed by atoms with Gasteiger partial charge in [-0.05, 0) is 55.5 Å². The average molecular weight is 406 g/mol. The highest BCUT2D eigenvalue weighted by Crippen LogP contribution is 2.30. The fourth-order valence-corrected chi connectivity index (χ4v) is 5.73. The molecule has 1 aliphatic rings. The molecule has 0 saturated heterocycles. The number of fused-ring (bicyclic) bond motifs is 3. The molecule has 0 radical (unpaired) electrons. The van der Waals surface area contributed by atoms with Crippen LogP contribution in [0.5, 0.6) is 0 Å². The predicted molar refractivity (Wildman–Crippen MR) is 107 cm³/mol. The second-order valence-corrected chi connectivity index (χ2v) is 9.74. The van der Waals surface area contributed by atoms with Crippen LogP contribution in [0.25, 0.3) is 11.0 Å². The standard InChI is InChI=1S/C18H23N5O2S2/c19-18-16-17(13-6-1-2-7-14(13)22-18)23(12-20-16)10-4-3-9-21-27(24,25)15-8-5-11-26-15/h5,8,11-12,21H,1-4,6-7,9-10H2,(H2,19,22). The molecule has 3 aromatic heterocycles. The first-order valence-corrected chi connectivity index (χ1v) is 11.6. The largest absolute Gasteiger partial charge is 0.382 e.